The van der Waals surface area contributed by atoms with Crippen LogP contribution in [0.4, 0.5) is 20.2 Å². The number of hydrogen-bond donors (Lipinski definition) is 1. The molecular weight excluding hydrogens is 284 g/mol. The number of methoxy groups -OCH3 is 1. The van der Waals surface area contributed by atoms with Gasteiger partial charge in [-0.05, 0) is 11.6 Å². The third-order valence-corrected chi connectivity index (χ3v) is 2.72. The van der Waals surface area contributed by atoms with Crippen LogP contribution in [0.2, 0.25) is 0 Å². The number of ether oxygens (including phenoxy) is 1. The molecule has 0 fully saturated rings. The van der Waals surface area contributed by atoms with E-state index in [1.165, 1.54) is 13.3 Å². The normalized spacial score (nSPS) is 10.2. The predicted molar refractivity (Wildman–Crippen MR) is 71.1 cm³/mol. The Morgan fingerprint density at radius 2 is 2.00 bits per heavy atom. The predicted octanol–water partition coefficient (Wildman–Crippen LogP) is 2.89. The lowest BCUT2D eigenvalue weighted by atomic mass is 10.2. The van der Waals surface area contributed by atoms with Gasteiger partial charge in [-0.25, -0.2) is 13.8 Å². The van der Waals surface area contributed by atoms with Crippen LogP contribution in [0.3, 0.4) is 0 Å². The van der Waals surface area contributed by atoms with E-state index in [1.807, 2.05) is 0 Å². The van der Waals surface area contributed by atoms with Gasteiger partial charge in [-0.1, -0.05) is 0 Å². The van der Waals surface area contributed by atoms with Crippen molar-refractivity contribution in [1.29, 1.82) is 0 Å². The third kappa shape index (κ3) is 3.41. The lowest BCUT2D eigenvalue weighted by molar-refractivity contribution is -0.385. The highest BCUT2D eigenvalue weighted by Gasteiger charge is 2.16. The summed E-state index contributed by atoms with van der Waals surface area (Å²) in [6.07, 6.45) is 1.50. The topological polar surface area (TPSA) is 77.3 Å². The number of hydrogen-bond acceptors (Lipinski definition) is 5. The van der Waals surface area contributed by atoms with Crippen LogP contribution in [-0.2, 0) is 6.54 Å². The largest absolute Gasteiger partial charge is 0.481 e. The van der Waals surface area contributed by atoms with Gasteiger partial charge in [0.2, 0.25) is 5.88 Å². The van der Waals surface area contributed by atoms with Crippen molar-refractivity contribution in [3.8, 4) is 5.88 Å². The van der Waals surface area contributed by atoms with Crippen LogP contribution in [0.5, 0.6) is 5.88 Å². The molecule has 2 rings (SSSR count). The Kier molecular flexibility index (Phi) is 4.27. The van der Waals surface area contributed by atoms with E-state index in [-0.39, 0.29) is 6.54 Å². The molecule has 21 heavy (non-hydrogen) atoms. The number of benzene rings is 1. The highest BCUT2D eigenvalue weighted by molar-refractivity contribution is 5.52. The fourth-order valence-corrected chi connectivity index (χ4v) is 1.70. The average molecular weight is 295 g/mol. The van der Waals surface area contributed by atoms with E-state index >= 15 is 0 Å². The van der Waals surface area contributed by atoms with Gasteiger partial charge < -0.3 is 10.1 Å². The van der Waals surface area contributed by atoms with Crippen molar-refractivity contribution >= 4 is 11.4 Å². The summed E-state index contributed by atoms with van der Waals surface area (Å²) < 4.78 is 32.3. The summed E-state index contributed by atoms with van der Waals surface area (Å²) in [6.45, 7) is 0.116. The number of rotatable bonds is 5. The number of anilines is 1. The van der Waals surface area contributed by atoms with Gasteiger partial charge in [0, 0.05) is 18.8 Å². The van der Waals surface area contributed by atoms with Gasteiger partial charge in [-0.15, -0.1) is 0 Å². The van der Waals surface area contributed by atoms with Gasteiger partial charge in [0.1, 0.15) is 5.69 Å². The van der Waals surface area contributed by atoms with E-state index in [9.17, 15) is 18.9 Å². The first-order valence-electron chi connectivity index (χ1n) is 5.87. The van der Waals surface area contributed by atoms with Crippen molar-refractivity contribution in [2.45, 2.75) is 6.54 Å². The lowest BCUT2D eigenvalue weighted by Crippen LogP contribution is -2.05. The van der Waals surface area contributed by atoms with Crippen LogP contribution < -0.4 is 10.1 Å². The van der Waals surface area contributed by atoms with Gasteiger partial charge in [-0.3, -0.25) is 10.1 Å². The van der Waals surface area contributed by atoms with Crippen molar-refractivity contribution in [2.24, 2.45) is 0 Å². The zero-order chi connectivity index (χ0) is 15.4. The maximum absolute atomic E-state index is 13.7. The summed E-state index contributed by atoms with van der Waals surface area (Å²) in [5, 5.41) is 13.1. The minimum absolute atomic E-state index is 0.116. The van der Waals surface area contributed by atoms with Crippen LogP contribution in [0, 0.1) is 21.7 Å². The second kappa shape index (κ2) is 6.12. The molecule has 110 valence electrons. The molecule has 6 nitrogen and oxygen atoms in total. The molecule has 0 spiro atoms. The van der Waals surface area contributed by atoms with Gasteiger partial charge in [-0.2, -0.15) is 0 Å². The molecule has 0 aliphatic rings. The van der Waals surface area contributed by atoms with Crippen molar-refractivity contribution < 1.29 is 18.4 Å². The highest BCUT2D eigenvalue weighted by atomic mass is 19.1. The van der Waals surface area contributed by atoms with E-state index in [0.717, 1.165) is 0 Å². The Morgan fingerprint density at radius 3 is 2.57 bits per heavy atom. The molecule has 1 aromatic heterocycles. The quantitative estimate of drug-likeness (QED) is 0.678. The second-order valence-corrected chi connectivity index (χ2v) is 4.10. The molecular formula is C13H11F2N3O3. The molecule has 0 unspecified atom stereocenters. The van der Waals surface area contributed by atoms with Crippen LogP contribution in [0.15, 0.2) is 30.5 Å². The number of aromatic nitrogens is 1. The lowest BCUT2D eigenvalue weighted by Gasteiger charge is -2.09. The maximum Gasteiger partial charge on any atom is 0.275 e. The van der Waals surface area contributed by atoms with Crippen molar-refractivity contribution in [2.75, 3.05) is 12.4 Å². The SMILES string of the molecule is COc1cc(CNc2c(F)cc([N+](=O)[O-])cc2F)ccn1. The van der Waals surface area contributed by atoms with Gasteiger partial charge in [0.05, 0.1) is 24.2 Å². The summed E-state index contributed by atoms with van der Waals surface area (Å²) in [5.41, 5.74) is -0.364. The summed E-state index contributed by atoms with van der Waals surface area (Å²) in [6, 6.07) is 4.59. The van der Waals surface area contributed by atoms with Crippen LogP contribution in [0.1, 0.15) is 5.56 Å². The zero-order valence-electron chi connectivity index (χ0n) is 11.0. The Morgan fingerprint density at radius 1 is 1.33 bits per heavy atom. The van der Waals surface area contributed by atoms with E-state index < -0.39 is 27.9 Å². The molecule has 0 atom stereocenters. The average Bonchev–Trinajstić information content (AvgIpc) is 2.46. The highest BCUT2D eigenvalue weighted by Crippen LogP contribution is 2.25. The Bertz CT molecular complexity index is 656. The maximum atomic E-state index is 13.7. The number of nitrogens with one attached hydrogen (secondary N) is 1. The Balaban J connectivity index is 2.18. The van der Waals surface area contributed by atoms with E-state index in [0.29, 0.717) is 23.6 Å². The molecule has 1 N–H and O–H groups in total. The number of nitro groups is 1. The fraction of sp³-hybridized carbons (Fsp3) is 0.154. The number of nitro benzene ring substituents is 1. The standard InChI is InChI=1S/C13H11F2N3O3/c1-21-12-4-8(2-3-16-12)7-17-13-10(14)5-9(18(19)20)6-11(13)15/h2-6,17H,7H2,1H3. The van der Waals surface area contributed by atoms with Gasteiger partial charge in [0.25, 0.3) is 5.69 Å². The molecule has 8 heteroatoms. The molecule has 0 aliphatic carbocycles. The minimum atomic E-state index is -1.03. The summed E-state index contributed by atoms with van der Waals surface area (Å²) in [4.78, 5) is 13.5. The monoisotopic (exact) mass is 295 g/mol. The van der Waals surface area contributed by atoms with Crippen LogP contribution >= 0.6 is 0 Å². The summed E-state index contributed by atoms with van der Waals surface area (Å²) >= 11 is 0. The molecule has 2 aromatic rings. The first-order valence-corrected chi connectivity index (χ1v) is 5.87. The smallest absolute Gasteiger partial charge is 0.275 e. The van der Waals surface area contributed by atoms with E-state index in [2.05, 4.69) is 10.3 Å². The molecule has 0 bridgehead atoms. The van der Waals surface area contributed by atoms with Gasteiger partial charge in [0.15, 0.2) is 11.6 Å². The van der Waals surface area contributed by atoms with Crippen molar-refractivity contribution in [1.82, 2.24) is 4.98 Å². The third-order valence-electron chi connectivity index (χ3n) is 2.72. The number of nitrogens with zero attached hydrogens (tertiary/aromatic N) is 2. The summed E-state index contributed by atoms with van der Waals surface area (Å²) in [7, 11) is 1.45. The molecule has 1 heterocycles. The van der Waals surface area contributed by atoms with E-state index in [4.69, 9.17) is 4.74 Å². The first-order chi connectivity index (χ1) is 10.0. The number of pyridine rings is 1. The molecule has 0 radical (unpaired) electrons. The van der Waals surface area contributed by atoms with Crippen LogP contribution in [0.25, 0.3) is 0 Å². The Labute approximate surface area is 118 Å². The second-order valence-electron chi connectivity index (χ2n) is 4.10. The molecule has 0 amide bonds. The van der Waals surface area contributed by atoms with Crippen LogP contribution in [-0.4, -0.2) is 17.0 Å². The fourth-order valence-electron chi connectivity index (χ4n) is 1.70. The summed E-state index contributed by atoms with van der Waals surface area (Å²) in [5.74, 6) is -1.68. The Hall–Kier alpha value is -2.77. The van der Waals surface area contributed by atoms with Crippen molar-refractivity contribution in [3.63, 3.8) is 0 Å². The molecule has 0 saturated heterocycles. The molecule has 1 aromatic carbocycles. The molecule has 0 aliphatic heterocycles. The number of non-ortho nitro benzene ring substituents is 1. The van der Waals surface area contributed by atoms with Gasteiger partial charge >= 0.3 is 0 Å². The van der Waals surface area contributed by atoms with Crippen molar-refractivity contribution in [3.05, 3.63) is 57.8 Å². The zero-order valence-corrected chi connectivity index (χ0v) is 11.0. The first kappa shape index (κ1) is 14.6. The number of halogens is 2. The van der Waals surface area contributed by atoms with E-state index in [1.54, 1.807) is 12.1 Å². The molecule has 0 saturated carbocycles. The minimum Gasteiger partial charge on any atom is -0.481 e.